The highest BCUT2D eigenvalue weighted by atomic mass is 15.2. The third-order valence-corrected chi connectivity index (χ3v) is 1.98. The molecule has 2 unspecified atom stereocenters. The summed E-state index contributed by atoms with van der Waals surface area (Å²) in [6.45, 7) is 5.87. The summed E-state index contributed by atoms with van der Waals surface area (Å²) < 4.78 is 0. The van der Waals surface area contributed by atoms with E-state index >= 15 is 0 Å². The highest BCUT2D eigenvalue weighted by molar-refractivity contribution is 4.91. The normalized spacial score (nSPS) is 45.0. The van der Waals surface area contributed by atoms with Gasteiger partial charge in [0.05, 0.1) is 0 Å². The maximum absolute atomic E-state index is 3.41. The van der Waals surface area contributed by atoms with Crippen LogP contribution in [0.2, 0.25) is 0 Å². The van der Waals surface area contributed by atoms with Gasteiger partial charge in [-0.1, -0.05) is 0 Å². The van der Waals surface area contributed by atoms with Crippen LogP contribution in [-0.2, 0) is 0 Å². The Bertz CT molecular complexity index is 78.5. The zero-order chi connectivity index (χ0) is 5.40. The molecule has 0 aromatic carbocycles. The van der Waals surface area contributed by atoms with Gasteiger partial charge in [0, 0.05) is 32.2 Å². The second-order valence-electron chi connectivity index (χ2n) is 2.57. The van der Waals surface area contributed by atoms with E-state index < -0.39 is 0 Å². The first-order valence-electron chi connectivity index (χ1n) is 3.26. The van der Waals surface area contributed by atoms with Gasteiger partial charge in [0.2, 0.25) is 0 Å². The van der Waals surface area contributed by atoms with Gasteiger partial charge in [-0.05, 0) is 6.42 Å². The molecular weight excluding hydrogens is 100 g/mol. The third-order valence-electron chi connectivity index (χ3n) is 1.98. The fourth-order valence-electron chi connectivity index (χ4n) is 1.47. The van der Waals surface area contributed by atoms with Gasteiger partial charge >= 0.3 is 0 Å². The summed E-state index contributed by atoms with van der Waals surface area (Å²) in [5.41, 5.74) is 0. The van der Waals surface area contributed by atoms with Crippen molar-refractivity contribution in [2.24, 2.45) is 0 Å². The maximum Gasteiger partial charge on any atom is 0.0389 e. The molecule has 2 heteroatoms. The molecule has 2 bridgehead atoms. The van der Waals surface area contributed by atoms with Crippen LogP contribution in [0.25, 0.3) is 0 Å². The fraction of sp³-hybridized carbons (Fsp3) is 0.833. The van der Waals surface area contributed by atoms with Crippen molar-refractivity contribution in [3.63, 3.8) is 0 Å². The molecule has 1 N–H and O–H groups in total. The Hall–Kier alpha value is -0.0800. The van der Waals surface area contributed by atoms with Crippen molar-refractivity contribution in [3.8, 4) is 0 Å². The van der Waals surface area contributed by atoms with E-state index in [0.717, 1.165) is 12.6 Å². The number of nitrogens with zero attached hydrogens (tertiary/aromatic N) is 1. The predicted octanol–water partition coefficient (Wildman–Crippen LogP) is -0.174. The third kappa shape index (κ3) is 0.644. The van der Waals surface area contributed by atoms with Crippen molar-refractivity contribution < 1.29 is 0 Å². The monoisotopic (exact) mass is 111 g/mol. The van der Waals surface area contributed by atoms with Gasteiger partial charge in [-0.2, -0.15) is 0 Å². The zero-order valence-electron chi connectivity index (χ0n) is 4.93. The predicted molar refractivity (Wildman–Crippen MR) is 32.3 cm³/mol. The molecule has 8 heavy (non-hydrogen) atoms. The number of rotatable bonds is 0. The van der Waals surface area contributed by atoms with Gasteiger partial charge in [0.1, 0.15) is 0 Å². The minimum Gasteiger partial charge on any atom is -0.311 e. The van der Waals surface area contributed by atoms with Gasteiger partial charge in [0.25, 0.3) is 0 Å². The Morgan fingerprint density at radius 3 is 3.38 bits per heavy atom. The van der Waals surface area contributed by atoms with Gasteiger partial charge in [-0.15, -0.1) is 0 Å². The van der Waals surface area contributed by atoms with Crippen molar-refractivity contribution in [3.05, 3.63) is 6.54 Å². The van der Waals surface area contributed by atoms with Gasteiger partial charge in [0.15, 0.2) is 0 Å². The highest BCUT2D eigenvalue weighted by Gasteiger charge is 2.25. The van der Waals surface area contributed by atoms with Crippen LogP contribution in [0.15, 0.2) is 0 Å². The van der Waals surface area contributed by atoms with Crippen LogP contribution < -0.4 is 5.32 Å². The Morgan fingerprint density at radius 1 is 1.62 bits per heavy atom. The van der Waals surface area contributed by atoms with Gasteiger partial charge in [-0.25, -0.2) is 0 Å². The SMILES string of the molecule is [CH]1CNC2CCN1C2. The smallest absolute Gasteiger partial charge is 0.0389 e. The number of hydrogen-bond acceptors (Lipinski definition) is 2. The lowest BCUT2D eigenvalue weighted by Gasteiger charge is -2.21. The molecule has 2 aliphatic heterocycles. The summed E-state index contributed by atoms with van der Waals surface area (Å²) in [7, 11) is 0. The zero-order valence-corrected chi connectivity index (χ0v) is 4.93. The average Bonchev–Trinajstić information content (AvgIpc) is 2.12. The molecule has 2 nitrogen and oxygen atoms in total. The van der Waals surface area contributed by atoms with E-state index in [-0.39, 0.29) is 0 Å². The first-order chi connectivity index (χ1) is 3.95. The summed E-state index contributed by atoms with van der Waals surface area (Å²) >= 11 is 0. The second kappa shape index (κ2) is 1.71. The Labute approximate surface area is 49.9 Å². The lowest BCUT2D eigenvalue weighted by molar-refractivity contribution is 0.347. The molecule has 2 aliphatic rings. The van der Waals surface area contributed by atoms with Crippen LogP contribution in [0.5, 0.6) is 0 Å². The Morgan fingerprint density at radius 2 is 2.62 bits per heavy atom. The van der Waals surface area contributed by atoms with Crippen LogP contribution in [0.3, 0.4) is 0 Å². The highest BCUT2D eigenvalue weighted by Crippen LogP contribution is 2.13. The first kappa shape index (κ1) is 4.77. The molecule has 0 spiro atoms. The van der Waals surface area contributed by atoms with E-state index in [1.165, 1.54) is 19.5 Å². The molecule has 0 aromatic heterocycles. The Balaban J connectivity index is 2.03. The molecule has 0 aliphatic carbocycles. The quantitative estimate of drug-likeness (QED) is 0.466. The molecule has 45 valence electrons. The van der Waals surface area contributed by atoms with E-state index in [9.17, 15) is 0 Å². The average molecular weight is 111 g/mol. The summed E-state index contributed by atoms with van der Waals surface area (Å²) in [4.78, 5) is 2.40. The van der Waals surface area contributed by atoms with E-state index in [2.05, 4.69) is 16.8 Å². The minimum absolute atomic E-state index is 0.806. The van der Waals surface area contributed by atoms with E-state index in [1.807, 2.05) is 0 Å². The number of piperazine rings is 1. The molecule has 1 radical (unpaired) electrons. The molecule has 0 amide bonds. The number of hydrogen-bond donors (Lipinski definition) is 1. The molecular formula is C6H11N2. The van der Waals surface area contributed by atoms with Crippen LogP contribution in [0.1, 0.15) is 6.42 Å². The summed E-state index contributed by atoms with van der Waals surface area (Å²) in [5, 5.41) is 3.41. The molecule has 2 saturated heterocycles. The maximum atomic E-state index is 3.41. The summed E-state index contributed by atoms with van der Waals surface area (Å²) in [5.74, 6) is 0. The van der Waals surface area contributed by atoms with Gasteiger partial charge < -0.3 is 5.32 Å². The van der Waals surface area contributed by atoms with E-state index in [4.69, 9.17) is 0 Å². The van der Waals surface area contributed by atoms with Crippen LogP contribution in [0, 0.1) is 6.54 Å². The summed E-state index contributed by atoms with van der Waals surface area (Å²) in [6, 6.07) is 0.806. The topological polar surface area (TPSA) is 15.3 Å². The molecule has 2 heterocycles. The first-order valence-corrected chi connectivity index (χ1v) is 3.26. The largest absolute Gasteiger partial charge is 0.311 e. The van der Waals surface area contributed by atoms with Crippen molar-refractivity contribution >= 4 is 0 Å². The Kier molecular flexibility index (Phi) is 1.02. The molecule has 0 saturated carbocycles. The standard InChI is InChI=1S/C6H11N2/c1-3-8-4-2-7-6(1)5-8/h4,6-7H,1-3,5H2. The summed E-state index contributed by atoms with van der Waals surface area (Å²) in [6.07, 6.45) is 1.34. The fourth-order valence-corrected chi connectivity index (χ4v) is 1.47. The van der Waals surface area contributed by atoms with Crippen molar-refractivity contribution in [1.82, 2.24) is 10.2 Å². The number of nitrogens with one attached hydrogen (secondary N) is 1. The molecule has 0 aromatic rings. The minimum atomic E-state index is 0.806. The second-order valence-corrected chi connectivity index (χ2v) is 2.57. The van der Waals surface area contributed by atoms with Crippen molar-refractivity contribution in [1.29, 1.82) is 0 Å². The lowest BCUT2D eigenvalue weighted by Crippen LogP contribution is -2.39. The molecule has 2 fully saturated rings. The molecule has 2 rings (SSSR count). The van der Waals surface area contributed by atoms with Crippen LogP contribution in [-0.4, -0.2) is 30.6 Å². The van der Waals surface area contributed by atoms with Crippen molar-refractivity contribution in [2.75, 3.05) is 19.6 Å². The molecule has 2 atom stereocenters. The van der Waals surface area contributed by atoms with Gasteiger partial charge in [-0.3, -0.25) is 4.90 Å². The van der Waals surface area contributed by atoms with E-state index in [0.29, 0.717) is 0 Å². The van der Waals surface area contributed by atoms with Crippen LogP contribution >= 0.6 is 0 Å². The van der Waals surface area contributed by atoms with Crippen molar-refractivity contribution in [2.45, 2.75) is 12.5 Å². The van der Waals surface area contributed by atoms with Crippen LogP contribution in [0.4, 0.5) is 0 Å². The lowest BCUT2D eigenvalue weighted by atomic mass is 10.2. The number of fused-ring (bicyclic) bond motifs is 2. The van der Waals surface area contributed by atoms with E-state index in [1.54, 1.807) is 0 Å².